The van der Waals surface area contributed by atoms with Crippen molar-refractivity contribution in [2.24, 2.45) is 5.92 Å². The summed E-state index contributed by atoms with van der Waals surface area (Å²) < 4.78 is 115. The maximum Gasteiger partial charge on any atom is 0.422 e. The third-order valence-corrected chi connectivity index (χ3v) is 5.47. The van der Waals surface area contributed by atoms with Gasteiger partial charge in [-0.3, -0.25) is 10.5 Å². The molecule has 0 heterocycles. The monoisotopic (exact) mass is 466 g/mol. The Labute approximate surface area is 166 Å². The molecule has 2 atom stereocenters. The van der Waals surface area contributed by atoms with Gasteiger partial charge in [0.05, 0.1) is 11.7 Å². The Kier molecular flexibility index (Phi) is 13.5. The Balaban J connectivity index is 0. The van der Waals surface area contributed by atoms with Gasteiger partial charge in [0.2, 0.25) is 15.7 Å². The van der Waals surface area contributed by atoms with Crippen LogP contribution in [0.25, 0.3) is 0 Å². The molecule has 0 aromatic rings. The Hall–Kier alpha value is -0.700. The van der Waals surface area contributed by atoms with Gasteiger partial charge in [-0.2, -0.15) is 26.3 Å². The fourth-order valence-corrected chi connectivity index (χ4v) is 3.52. The summed E-state index contributed by atoms with van der Waals surface area (Å²) in [6.07, 6.45) is -12.8. The molecule has 0 aromatic carbocycles. The third-order valence-electron chi connectivity index (χ3n) is 4.00. The number of unbranched alkanes of at least 4 members (excludes halogenated alkanes) is 1. The Morgan fingerprint density at radius 1 is 0.966 bits per heavy atom. The van der Waals surface area contributed by atoms with Gasteiger partial charge >= 0.3 is 12.4 Å². The standard InChI is InChI=1S/C15H27F7N2O2S.H2O2/c1-13(16,15(20,21)22)11-12(14(17,18)19)7-4-5-10-27(25,26)23-8-6-9-24(2)3;1-2/h12,23H,4-11H2,1-3H3;1-2H. The third kappa shape index (κ3) is 14.0. The normalized spacial score (nSPS) is 16.2. The average Bonchev–Trinajstić information content (AvgIpc) is 2.54. The van der Waals surface area contributed by atoms with E-state index in [-0.39, 0.29) is 26.3 Å². The van der Waals surface area contributed by atoms with Crippen LogP contribution in [0.15, 0.2) is 0 Å². The summed E-state index contributed by atoms with van der Waals surface area (Å²) in [4.78, 5) is 1.85. The molecule has 0 fully saturated rings. The van der Waals surface area contributed by atoms with Crippen LogP contribution in [0.3, 0.4) is 0 Å². The summed E-state index contributed by atoms with van der Waals surface area (Å²) in [6, 6.07) is 0. The highest BCUT2D eigenvalue weighted by Gasteiger charge is 2.56. The predicted octanol–water partition coefficient (Wildman–Crippen LogP) is 3.90. The lowest BCUT2D eigenvalue weighted by molar-refractivity contribution is -0.248. The first-order valence-corrected chi connectivity index (χ1v) is 10.3. The molecule has 178 valence electrons. The van der Waals surface area contributed by atoms with Crippen molar-refractivity contribution in [3.63, 3.8) is 0 Å². The van der Waals surface area contributed by atoms with E-state index >= 15 is 0 Å². The summed E-state index contributed by atoms with van der Waals surface area (Å²) in [7, 11) is -0.0506. The second kappa shape index (κ2) is 12.9. The first-order valence-electron chi connectivity index (χ1n) is 8.62. The van der Waals surface area contributed by atoms with Gasteiger partial charge in [-0.1, -0.05) is 6.42 Å². The van der Waals surface area contributed by atoms with Gasteiger partial charge in [0.1, 0.15) is 0 Å². The Bertz CT molecular complexity index is 538. The summed E-state index contributed by atoms with van der Waals surface area (Å²) >= 11 is 0. The zero-order valence-corrected chi connectivity index (χ0v) is 17.3. The van der Waals surface area contributed by atoms with Crippen LogP contribution >= 0.6 is 0 Å². The van der Waals surface area contributed by atoms with E-state index in [1.807, 2.05) is 19.0 Å². The van der Waals surface area contributed by atoms with Crippen molar-refractivity contribution in [2.75, 3.05) is 32.9 Å². The number of alkyl halides is 7. The SMILES string of the molecule is CN(C)CCCNS(=O)(=O)CCCCC(CC(C)(F)C(F)(F)F)C(F)(F)F.OO. The van der Waals surface area contributed by atoms with E-state index in [2.05, 4.69) is 4.72 Å². The Morgan fingerprint density at radius 2 is 1.48 bits per heavy atom. The van der Waals surface area contributed by atoms with E-state index in [0.717, 1.165) is 0 Å². The minimum atomic E-state index is -5.41. The molecule has 0 saturated heterocycles. The van der Waals surface area contributed by atoms with Crippen LogP contribution in [0.2, 0.25) is 0 Å². The first-order chi connectivity index (χ1) is 13.0. The molecule has 0 saturated carbocycles. The highest BCUT2D eigenvalue weighted by atomic mass is 32.2. The predicted molar refractivity (Wildman–Crippen MR) is 93.8 cm³/mol. The van der Waals surface area contributed by atoms with Crippen LogP contribution in [-0.2, 0) is 10.0 Å². The van der Waals surface area contributed by atoms with E-state index in [1.54, 1.807) is 0 Å². The van der Waals surface area contributed by atoms with Crippen molar-refractivity contribution in [3.05, 3.63) is 0 Å². The molecule has 0 aliphatic rings. The quantitative estimate of drug-likeness (QED) is 0.176. The number of sulfonamides is 1. The largest absolute Gasteiger partial charge is 0.422 e. The fraction of sp³-hybridized carbons (Fsp3) is 1.00. The molecule has 0 radical (unpaired) electrons. The number of hydrogen-bond acceptors (Lipinski definition) is 5. The van der Waals surface area contributed by atoms with Crippen molar-refractivity contribution in [1.29, 1.82) is 0 Å². The van der Waals surface area contributed by atoms with Gasteiger partial charge in [-0.25, -0.2) is 17.5 Å². The first kappa shape index (κ1) is 30.5. The van der Waals surface area contributed by atoms with E-state index in [9.17, 15) is 39.2 Å². The van der Waals surface area contributed by atoms with E-state index in [0.29, 0.717) is 13.0 Å². The number of nitrogens with zero attached hydrogens (tertiary/aromatic N) is 1. The van der Waals surface area contributed by atoms with Gasteiger partial charge in [-0.15, -0.1) is 0 Å². The topological polar surface area (TPSA) is 89.9 Å². The second-order valence-electron chi connectivity index (χ2n) is 7.00. The number of halogens is 7. The van der Waals surface area contributed by atoms with Crippen molar-refractivity contribution < 1.29 is 49.7 Å². The van der Waals surface area contributed by atoms with Crippen LogP contribution in [-0.4, -0.2) is 74.8 Å². The summed E-state index contributed by atoms with van der Waals surface area (Å²) in [5, 5.41) is 12.0. The zero-order valence-electron chi connectivity index (χ0n) is 16.4. The van der Waals surface area contributed by atoms with Crippen molar-refractivity contribution in [2.45, 2.75) is 57.0 Å². The number of hydrogen-bond donors (Lipinski definition) is 3. The molecule has 2 unspecified atom stereocenters. The highest BCUT2D eigenvalue weighted by Crippen LogP contribution is 2.44. The van der Waals surface area contributed by atoms with Gasteiger partial charge < -0.3 is 4.90 Å². The van der Waals surface area contributed by atoms with Crippen LogP contribution in [0.4, 0.5) is 30.7 Å². The lowest BCUT2D eigenvalue weighted by Crippen LogP contribution is -2.42. The summed E-state index contributed by atoms with van der Waals surface area (Å²) in [6.45, 7) is 0.905. The molecule has 0 rings (SSSR count). The molecule has 0 bridgehead atoms. The van der Waals surface area contributed by atoms with Gasteiger partial charge in [0.25, 0.3) is 0 Å². The molecular formula is C15H29F7N2O4S. The van der Waals surface area contributed by atoms with Crippen LogP contribution in [0.5, 0.6) is 0 Å². The molecule has 0 spiro atoms. The zero-order chi connectivity index (χ0) is 23.5. The summed E-state index contributed by atoms with van der Waals surface area (Å²) in [5.41, 5.74) is -3.97. The van der Waals surface area contributed by atoms with E-state index in [4.69, 9.17) is 10.5 Å². The van der Waals surface area contributed by atoms with Gasteiger partial charge in [-0.05, 0) is 46.8 Å². The second-order valence-corrected chi connectivity index (χ2v) is 8.93. The molecular weight excluding hydrogens is 437 g/mol. The van der Waals surface area contributed by atoms with Gasteiger partial charge in [0, 0.05) is 13.0 Å². The molecule has 29 heavy (non-hydrogen) atoms. The lowest BCUT2D eigenvalue weighted by Gasteiger charge is -2.29. The number of rotatable bonds is 12. The van der Waals surface area contributed by atoms with Crippen molar-refractivity contribution in [3.8, 4) is 0 Å². The highest BCUT2D eigenvalue weighted by molar-refractivity contribution is 7.89. The molecule has 0 aliphatic heterocycles. The van der Waals surface area contributed by atoms with Gasteiger partial charge in [0.15, 0.2) is 0 Å². The van der Waals surface area contributed by atoms with Crippen LogP contribution < -0.4 is 4.72 Å². The Morgan fingerprint density at radius 3 is 1.90 bits per heavy atom. The molecule has 0 aromatic heterocycles. The van der Waals surface area contributed by atoms with Crippen molar-refractivity contribution >= 4 is 10.0 Å². The van der Waals surface area contributed by atoms with Crippen LogP contribution in [0.1, 0.15) is 39.0 Å². The van der Waals surface area contributed by atoms with Crippen LogP contribution in [0, 0.1) is 5.92 Å². The summed E-state index contributed by atoms with van der Waals surface area (Å²) in [5.74, 6) is -2.93. The molecule has 0 amide bonds. The van der Waals surface area contributed by atoms with E-state index in [1.165, 1.54) is 0 Å². The number of nitrogens with one attached hydrogen (secondary N) is 1. The molecule has 0 aliphatic carbocycles. The molecule has 3 N–H and O–H groups in total. The minimum Gasteiger partial charge on any atom is -0.309 e. The maximum atomic E-state index is 13.6. The average molecular weight is 466 g/mol. The molecule has 6 nitrogen and oxygen atoms in total. The van der Waals surface area contributed by atoms with Crippen molar-refractivity contribution in [1.82, 2.24) is 9.62 Å². The smallest absolute Gasteiger partial charge is 0.309 e. The van der Waals surface area contributed by atoms with E-state index < -0.39 is 52.6 Å². The fourth-order valence-electron chi connectivity index (χ4n) is 2.34. The maximum absolute atomic E-state index is 13.6. The minimum absolute atomic E-state index is 0.0772. The molecule has 14 heteroatoms. The lowest BCUT2D eigenvalue weighted by atomic mass is 9.88.